The van der Waals surface area contributed by atoms with Gasteiger partial charge in [-0.3, -0.25) is 4.79 Å². The zero-order valence-electron chi connectivity index (χ0n) is 11.8. The van der Waals surface area contributed by atoms with Crippen molar-refractivity contribution < 1.29 is 14.3 Å². The number of carbonyl (C=O) groups is 2. The third kappa shape index (κ3) is 3.23. The van der Waals surface area contributed by atoms with Gasteiger partial charge in [-0.2, -0.15) is 0 Å². The van der Waals surface area contributed by atoms with Crippen molar-refractivity contribution >= 4 is 22.5 Å². The van der Waals surface area contributed by atoms with Crippen LogP contribution in [-0.4, -0.2) is 18.9 Å². The molecule has 1 atom stereocenters. The monoisotopic (exact) mass is 270 g/mol. The van der Waals surface area contributed by atoms with Crippen LogP contribution in [0.15, 0.2) is 42.5 Å². The van der Waals surface area contributed by atoms with Gasteiger partial charge in [-0.25, -0.2) is 0 Å². The largest absolute Gasteiger partial charge is 0.469 e. The Hall–Kier alpha value is -2.16. The summed E-state index contributed by atoms with van der Waals surface area (Å²) in [4.78, 5) is 23.1. The van der Waals surface area contributed by atoms with Crippen LogP contribution in [0.25, 0.3) is 10.8 Å². The zero-order valence-corrected chi connectivity index (χ0v) is 11.8. The van der Waals surface area contributed by atoms with Gasteiger partial charge in [0.05, 0.1) is 13.5 Å². The van der Waals surface area contributed by atoms with E-state index in [4.69, 9.17) is 4.74 Å². The minimum Gasteiger partial charge on any atom is -0.469 e. The lowest BCUT2D eigenvalue weighted by atomic mass is 9.87. The lowest BCUT2D eigenvalue weighted by Crippen LogP contribution is -2.12. The maximum atomic E-state index is 11.6. The molecule has 20 heavy (non-hydrogen) atoms. The van der Waals surface area contributed by atoms with Crippen molar-refractivity contribution in [1.29, 1.82) is 0 Å². The first kappa shape index (κ1) is 14.3. The Bertz CT molecular complexity index is 626. The van der Waals surface area contributed by atoms with Gasteiger partial charge in [0.15, 0.2) is 0 Å². The van der Waals surface area contributed by atoms with Crippen LogP contribution in [0.2, 0.25) is 0 Å². The van der Waals surface area contributed by atoms with E-state index in [2.05, 4.69) is 0 Å². The van der Waals surface area contributed by atoms with E-state index in [1.54, 1.807) is 6.92 Å². The molecule has 0 bridgehead atoms. The Kier molecular flexibility index (Phi) is 4.51. The van der Waals surface area contributed by atoms with E-state index >= 15 is 0 Å². The Morgan fingerprint density at radius 2 is 1.75 bits per heavy atom. The van der Waals surface area contributed by atoms with Gasteiger partial charge in [0.2, 0.25) is 0 Å². The fraction of sp³-hybridized carbons (Fsp3) is 0.294. The summed E-state index contributed by atoms with van der Waals surface area (Å²) in [6.07, 6.45) is 0.577. The molecule has 0 amide bonds. The minimum atomic E-state index is -0.288. The molecular formula is C17H18O3. The average Bonchev–Trinajstić information content (AvgIpc) is 2.45. The number of hydrogen-bond acceptors (Lipinski definition) is 3. The van der Waals surface area contributed by atoms with E-state index in [9.17, 15) is 9.59 Å². The number of Topliss-reactive ketones (excluding diaryl/α,β-unsaturated/α-hetero) is 1. The van der Waals surface area contributed by atoms with Gasteiger partial charge in [-0.15, -0.1) is 0 Å². The van der Waals surface area contributed by atoms with E-state index < -0.39 is 0 Å². The topological polar surface area (TPSA) is 43.4 Å². The van der Waals surface area contributed by atoms with Crippen LogP contribution >= 0.6 is 0 Å². The van der Waals surface area contributed by atoms with Gasteiger partial charge < -0.3 is 9.53 Å². The van der Waals surface area contributed by atoms with Crippen molar-refractivity contribution in [2.75, 3.05) is 7.11 Å². The fourth-order valence-electron chi connectivity index (χ4n) is 2.53. The average molecular weight is 270 g/mol. The SMILES string of the molecule is COC(=O)CC(CC(C)=O)c1cccc2ccccc12. The number of ether oxygens (including phenoxy) is 1. The first-order valence-corrected chi connectivity index (χ1v) is 6.65. The molecule has 0 fully saturated rings. The predicted octanol–water partition coefficient (Wildman–Crippen LogP) is 3.47. The quantitative estimate of drug-likeness (QED) is 0.781. The molecule has 0 aliphatic carbocycles. The highest BCUT2D eigenvalue weighted by molar-refractivity contribution is 5.88. The van der Waals surface area contributed by atoms with Crippen LogP contribution in [0.4, 0.5) is 0 Å². The molecule has 0 spiro atoms. The highest BCUT2D eigenvalue weighted by Crippen LogP contribution is 2.30. The molecule has 2 rings (SSSR count). The van der Waals surface area contributed by atoms with Crippen molar-refractivity contribution in [3.8, 4) is 0 Å². The van der Waals surface area contributed by atoms with Crippen LogP contribution < -0.4 is 0 Å². The molecule has 0 radical (unpaired) electrons. The Balaban J connectivity index is 2.44. The van der Waals surface area contributed by atoms with E-state index in [0.29, 0.717) is 6.42 Å². The number of benzene rings is 2. The standard InChI is InChI=1S/C17H18O3/c1-12(18)10-14(11-17(19)20-2)16-9-5-7-13-6-3-4-8-15(13)16/h3-9,14H,10-11H2,1-2H3. The molecule has 0 aliphatic rings. The Labute approximate surface area is 118 Å². The Morgan fingerprint density at radius 1 is 1.05 bits per heavy atom. The summed E-state index contributed by atoms with van der Waals surface area (Å²) in [6.45, 7) is 1.55. The van der Waals surface area contributed by atoms with Gasteiger partial charge in [0, 0.05) is 12.3 Å². The van der Waals surface area contributed by atoms with Gasteiger partial charge in [0.25, 0.3) is 0 Å². The molecule has 0 saturated heterocycles. The second kappa shape index (κ2) is 6.33. The van der Waals surface area contributed by atoms with Gasteiger partial charge in [-0.05, 0) is 23.3 Å². The van der Waals surface area contributed by atoms with Gasteiger partial charge >= 0.3 is 5.97 Å². The molecule has 0 N–H and O–H groups in total. The lowest BCUT2D eigenvalue weighted by molar-refractivity contribution is -0.141. The predicted molar refractivity (Wildman–Crippen MR) is 78.6 cm³/mol. The number of fused-ring (bicyclic) bond motifs is 1. The smallest absolute Gasteiger partial charge is 0.306 e. The van der Waals surface area contributed by atoms with Crippen molar-refractivity contribution in [2.45, 2.75) is 25.7 Å². The van der Waals surface area contributed by atoms with Crippen LogP contribution in [-0.2, 0) is 14.3 Å². The molecule has 0 saturated carbocycles. The molecule has 0 aromatic heterocycles. The second-order valence-corrected chi connectivity index (χ2v) is 4.95. The van der Waals surface area contributed by atoms with Gasteiger partial charge in [0.1, 0.15) is 5.78 Å². The number of hydrogen-bond donors (Lipinski definition) is 0. The summed E-state index contributed by atoms with van der Waals surface area (Å²) in [5, 5.41) is 2.20. The van der Waals surface area contributed by atoms with E-state index in [-0.39, 0.29) is 24.1 Å². The van der Waals surface area contributed by atoms with Crippen molar-refractivity contribution in [1.82, 2.24) is 0 Å². The Morgan fingerprint density at radius 3 is 2.45 bits per heavy atom. The highest BCUT2D eigenvalue weighted by atomic mass is 16.5. The molecule has 3 nitrogen and oxygen atoms in total. The van der Waals surface area contributed by atoms with E-state index in [1.165, 1.54) is 7.11 Å². The summed E-state index contributed by atoms with van der Waals surface area (Å²) in [7, 11) is 1.37. The minimum absolute atomic E-state index is 0.0758. The summed E-state index contributed by atoms with van der Waals surface area (Å²) < 4.78 is 4.75. The molecule has 2 aromatic rings. The van der Waals surface area contributed by atoms with Crippen LogP contribution in [0.5, 0.6) is 0 Å². The van der Waals surface area contributed by atoms with Crippen LogP contribution in [0, 0.1) is 0 Å². The number of methoxy groups -OCH3 is 1. The first-order chi connectivity index (χ1) is 9.61. The number of rotatable bonds is 5. The highest BCUT2D eigenvalue weighted by Gasteiger charge is 2.20. The first-order valence-electron chi connectivity index (χ1n) is 6.65. The third-order valence-corrected chi connectivity index (χ3v) is 3.44. The van der Waals surface area contributed by atoms with Crippen LogP contribution in [0.1, 0.15) is 31.2 Å². The maximum Gasteiger partial charge on any atom is 0.306 e. The fourth-order valence-corrected chi connectivity index (χ4v) is 2.53. The molecule has 2 aromatic carbocycles. The summed E-state index contributed by atoms with van der Waals surface area (Å²) in [5.74, 6) is -0.345. The van der Waals surface area contributed by atoms with Crippen LogP contribution in [0.3, 0.4) is 0 Å². The van der Waals surface area contributed by atoms with Gasteiger partial charge in [-0.1, -0.05) is 42.5 Å². The summed E-state index contributed by atoms with van der Waals surface area (Å²) in [5.41, 5.74) is 1.03. The van der Waals surface area contributed by atoms with Crippen molar-refractivity contribution in [3.63, 3.8) is 0 Å². The number of ketones is 1. The zero-order chi connectivity index (χ0) is 14.5. The summed E-state index contributed by atoms with van der Waals surface area (Å²) >= 11 is 0. The maximum absolute atomic E-state index is 11.6. The molecule has 3 heteroatoms. The normalized spacial score (nSPS) is 12.1. The van der Waals surface area contributed by atoms with Crippen molar-refractivity contribution in [3.05, 3.63) is 48.0 Å². The third-order valence-electron chi connectivity index (χ3n) is 3.44. The summed E-state index contributed by atoms with van der Waals surface area (Å²) in [6, 6.07) is 14.0. The molecule has 0 aliphatic heterocycles. The lowest BCUT2D eigenvalue weighted by Gasteiger charge is -2.17. The molecule has 0 heterocycles. The molecule has 104 valence electrons. The van der Waals surface area contributed by atoms with E-state index in [0.717, 1.165) is 16.3 Å². The molecule has 1 unspecified atom stereocenters. The molecular weight excluding hydrogens is 252 g/mol. The second-order valence-electron chi connectivity index (χ2n) is 4.95. The van der Waals surface area contributed by atoms with Crippen molar-refractivity contribution in [2.24, 2.45) is 0 Å². The van der Waals surface area contributed by atoms with E-state index in [1.807, 2.05) is 42.5 Å². The number of carbonyl (C=O) groups excluding carboxylic acids is 2. The number of esters is 1.